The molecule has 10 heteroatoms. The number of ether oxygens (including phenoxy) is 2. The molecule has 1 unspecified atom stereocenters. The first-order valence-corrected chi connectivity index (χ1v) is 7.44. The standard InChI is InChI=1S/C14H25NO9/c1-13(2,3)24-9(17)4-7(12(20)21)15-6-14(22)11(19)10(18)8(16)5-23-14/h7-8,10-11,15-16,18-19,22H,4-6H2,1-3H3,(H,20,21)/t7-,8+,10+,11-,14?/m0/s1. The van der Waals surface area contributed by atoms with Crippen LogP contribution >= 0.6 is 0 Å². The first-order valence-electron chi connectivity index (χ1n) is 7.44. The highest BCUT2D eigenvalue weighted by molar-refractivity contribution is 5.81. The van der Waals surface area contributed by atoms with Gasteiger partial charge in [0.2, 0.25) is 5.79 Å². The molecule has 24 heavy (non-hydrogen) atoms. The minimum absolute atomic E-state index is 0.444. The summed E-state index contributed by atoms with van der Waals surface area (Å²) in [4.78, 5) is 23.0. The summed E-state index contributed by atoms with van der Waals surface area (Å²) >= 11 is 0. The van der Waals surface area contributed by atoms with Crippen LogP contribution in [0.15, 0.2) is 0 Å². The zero-order chi connectivity index (χ0) is 18.7. The van der Waals surface area contributed by atoms with Gasteiger partial charge in [-0.3, -0.25) is 14.9 Å². The smallest absolute Gasteiger partial charge is 0.321 e. The van der Waals surface area contributed by atoms with E-state index in [1.54, 1.807) is 20.8 Å². The molecule has 0 aromatic heterocycles. The third-order valence-electron chi connectivity index (χ3n) is 3.37. The van der Waals surface area contributed by atoms with E-state index in [2.05, 4.69) is 5.32 Å². The van der Waals surface area contributed by atoms with Gasteiger partial charge in [0.15, 0.2) is 0 Å². The van der Waals surface area contributed by atoms with Crippen LogP contribution in [-0.4, -0.2) is 86.4 Å². The van der Waals surface area contributed by atoms with E-state index in [-0.39, 0.29) is 0 Å². The number of carboxylic acid groups (broad SMARTS) is 1. The van der Waals surface area contributed by atoms with Crippen LogP contribution in [0.2, 0.25) is 0 Å². The van der Waals surface area contributed by atoms with Gasteiger partial charge in [0.1, 0.15) is 30.0 Å². The maximum absolute atomic E-state index is 11.7. The quantitative estimate of drug-likeness (QED) is 0.283. The Morgan fingerprint density at radius 1 is 1.33 bits per heavy atom. The molecule has 0 spiro atoms. The fraction of sp³-hybridized carbons (Fsp3) is 0.857. The Hall–Kier alpha value is -1.30. The van der Waals surface area contributed by atoms with Crippen molar-refractivity contribution in [2.75, 3.05) is 13.2 Å². The molecule has 0 aromatic carbocycles. The van der Waals surface area contributed by atoms with Crippen LogP contribution in [-0.2, 0) is 19.1 Å². The van der Waals surface area contributed by atoms with Gasteiger partial charge < -0.3 is 35.0 Å². The summed E-state index contributed by atoms with van der Waals surface area (Å²) in [5.41, 5.74) is -0.777. The molecule has 1 heterocycles. The number of aliphatic hydroxyl groups is 4. The highest BCUT2D eigenvalue weighted by Gasteiger charge is 2.48. The number of esters is 1. The number of aliphatic carboxylic acids is 1. The Balaban J connectivity index is 2.66. The van der Waals surface area contributed by atoms with Crippen LogP contribution in [0.4, 0.5) is 0 Å². The van der Waals surface area contributed by atoms with Crippen LogP contribution in [0.1, 0.15) is 27.2 Å². The van der Waals surface area contributed by atoms with Gasteiger partial charge in [-0.05, 0) is 20.8 Å². The minimum atomic E-state index is -2.31. The molecule has 140 valence electrons. The van der Waals surface area contributed by atoms with Gasteiger partial charge in [-0.15, -0.1) is 0 Å². The molecule has 10 nitrogen and oxygen atoms in total. The first-order chi connectivity index (χ1) is 10.9. The number of carboxylic acids is 1. The number of hydrogen-bond donors (Lipinski definition) is 6. The molecule has 1 rings (SSSR count). The maximum Gasteiger partial charge on any atom is 0.321 e. The van der Waals surface area contributed by atoms with Gasteiger partial charge in [0.25, 0.3) is 0 Å². The van der Waals surface area contributed by atoms with Gasteiger partial charge in [-0.2, -0.15) is 0 Å². The number of hydrogen-bond acceptors (Lipinski definition) is 9. The zero-order valence-corrected chi connectivity index (χ0v) is 13.8. The monoisotopic (exact) mass is 351 g/mol. The van der Waals surface area contributed by atoms with Gasteiger partial charge in [0.05, 0.1) is 19.6 Å². The topological polar surface area (TPSA) is 166 Å². The molecule has 0 aromatic rings. The Bertz CT molecular complexity index is 464. The third-order valence-corrected chi connectivity index (χ3v) is 3.37. The molecular weight excluding hydrogens is 326 g/mol. The van der Waals surface area contributed by atoms with E-state index in [4.69, 9.17) is 14.6 Å². The fourth-order valence-electron chi connectivity index (χ4n) is 2.11. The molecular formula is C14H25NO9. The lowest BCUT2D eigenvalue weighted by Crippen LogP contribution is -2.65. The lowest BCUT2D eigenvalue weighted by atomic mass is 9.96. The van der Waals surface area contributed by atoms with Crippen molar-refractivity contribution in [3.63, 3.8) is 0 Å². The van der Waals surface area contributed by atoms with Gasteiger partial charge in [0, 0.05) is 0 Å². The largest absolute Gasteiger partial charge is 0.480 e. The lowest BCUT2D eigenvalue weighted by molar-refractivity contribution is -0.318. The number of aliphatic hydroxyl groups excluding tert-OH is 3. The fourth-order valence-corrected chi connectivity index (χ4v) is 2.11. The molecule has 0 bridgehead atoms. The summed E-state index contributed by atoms with van der Waals surface area (Å²) in [5, 5.41) is 50.4. The van der Waals surface area contributed by atoms with Crippen molar-refractivity contribution in [2.24, 2.45) is 0 Å². The van der Waals surface area contributed by atoms with Crippen LogP contribution in [0.25, 0.3) is 0 Å². The van der Waals surface area contributed by atoms with Crippen molar-refractivity contribution < 1.29 is 44.6 Å². The lowest BCUT2D eigenvalue weighted by Gasteiger charge is -2.42. The summed E-state index contributed by atoms with van der Waals surface area (Å²) in [7, 11) is 0. The van der Waals surface area contributed by atoms with E-state index < -0.39 is 67.3 Å². The molecule has 6 N–H and O–H groups in total. The summed E-state index contributed by atoms with van der Waals surface area (Å²) < 4.78 is 9.93. The summed E-state index contributed by atoms with van der Waals surface area (Å²) in [6.45, 7) is 3.87. The van der Waals surface area contributed by atoms with E-state index in [9.17, 15) is 30.0 Å². The van der Waals surface area contributed by atoms with Crippen molar-refractivity contribution in [3.8, 4) is 0 Å². The molecule has 0 aliphatic carbocycles. The van der Waals surface area contributed by atoms with Crippen molar-refractivity contribution in [1.82, 2.24) is 5.32 Å². The summed E-state index contributed by atoms with van der Waals surface area (Å²) in [6.07, 6.45) is -5.40. The van der Waals surface area contributed by atoms with E-state index in [1.807, 2.05) is 0 Å². The van der Waals surface area contributed by atoms with Gasteiger partial charge in [-0.1, -0.05) is 0 Å². The van der Waals surface area contributed by atoms with Crippen molar-refractivity contribution >= 4 is 11.9 Å². The molecule has 5 atom stereocenters. The average Bonchev–Trinajstić information content (AvgIpc) is 2.43. The third kappa shape index (κ3) is 5.65. The molecule has 0 saturated carbocycles. The molecule has 1 saturated heterocycles. The van der Waals surface area contributed by atoms with Crippen LogP contribution < -0.4 is 5.32 Å². The second kappa shape index (κ2) is 7.72. The predicted octanol–water partition coefficient (Wildman–Crippen LogP) is -2.44. The Labute approximate surface area is 139 Å². The van der Waals surface area contributed by atoms with E-state index in [0.717, 1.165) is 0 Å². The molecule has 0 amide bonds. The highest BCUT2D eigenvalue weighted by Crippen LogP contribution is 2.23. The molecule has 0 radical (unpaired) electrons. The summed E-state index contributed by atoms with van der Waals surface area (Å²) in [6, 6.07) is -1.40. The van der Waals surface area contributed by atoms with Crippen LogP contribution in [0.5, 0.6) is 0 Å². The maximum atomic E-state index is 11.7. The molecule has 1 aliphatic rings. The Kier molecular flexibility index (Phi) is 6.67. The number of carbonyl (C=O) groups excluding carboxylic acids is 1. The predicted molar refractivity (Wildman–Crippen MR) is 78.8 cm³/mol. The van der Waals surface area contributed by atoms with Crippen LogP contribution in [0, 0.1) is 0 Å². The van der Waals surface area contributed by atoms with E-state index >= 15 is 0 Å². The second-order valence-corrected chi connectivity index (χ2v) is 6.72. The Morgan fingerprint density at radius 2 is 1.92 bits per heavy atom. The number of rotatable bonds is 6. The normalized spacial score (nSPS) is 32.2. The molecule has 1 fully saturated rings. The molecule has 1 aliphatic heterocycles. The van der Waals surface area contributed by atoms with Gasteiger partial charge >= 0.3 is 11.9 Å². The van der Waals surface area contributed by atoms with Crippen LogP contribution in [0.3, 0.4) is 0 Å². The zero-order valence-electron chi connectivity index (χ0n) is 13.8. The highest BCUT2D eigenvalue weighted by atomic mass is 16.6. The van der Waals surface area contributed by atoms with Gasteiger partial charge in [-0.25, -0.2) is 0 Å². The second-order valence-electron chi connectivity index (χ2n) is 6.72. The van der Waals surface area contributed by atoms with Crippen molar-refractivity contribution in [3.05, 3.63) is 0 Å². The Morgan fingerprint density at radius 3 is 2.42 bits per heavy atom. The number of nitrogens with one attached hydrogen (secondary N) is 1. The first kappa shape index (κ1) is 20.7. The van der Waals surface area contributed by atoms with Crippen molar-refractivity contribution in [2.45, 2.75) is 62.9 Å². The minimum Gasteiger partial charge on any atom is -0.480 e. The average molecular weight is 351 g/mol. The SMILES string of the molecule is CC(C)(C)OC(=O)C[C@H](NCC1(O)OC[C@@H](O)[C@@H](O)[C@@H]1O)C(=O)O. The van der Waals surface area contributed by atoms with E-state index in [0.29, 0.717) is 0 Å². The number of carbonyl (C=O) groups is 2. The summed E-state index contributed by atoms with van der Waals surface area (Å²) in [5.74, 6) is -4.43. The van der Waals surface area contributed by atoms with E-state index in [1.165, 1.54) is 0 Å². The van der Waals surface area contributed by atoms with Crippen molar-refractivity contribution in [1.29, 1.82) is 0 Å².